The number of hydrogen-bond donors (Lipinski definition) is 0. The summed E-state index contributed by atoms with van der Waals surface area (Å²) < 4.78 is 0. The molecule has 0 aliphatic carbocycles. The van der Waals surface area contributed by atoms with Crippen LogP contribution in [-0.2, 0) is 0 Å². The molecule has 0 amide bonds. The number of aliphatic imine (C=N–C) groups is 1. The van der Waals surface area contributed by atoms with Crippen molar-refractivity contribution in [3.63, 3.8) is 0 Å². The molecule has 0 saturated carbocycles. The Morgan fingerprint density at radius 3 is 2.67 bits per heavy atom. The van der Waals surface area contributed by atoms with Crippen molar-refractivity contribution in [1.82, 2.24) is 0 Å². The number of benzene rings is 1. The molecule has 1 aromatic carbocycles. The predicted octanol–water partition coefficient (Wildman–Crippen LogP) is 3.02. The Bertz CT molecular complexity index is 303. The van der Waals surface area contributed by atoms with Crippen molar-refractivity contribution in [3.8, 4) is 0 Å². The predicted molar refractivity (Wildman–Crippen MR) is 54.4 cm³/mol. The van der Waals surface area contributed by atoms with E-state index in [-0.39, 0.29) is 5.37 Å². The van der Waals surface area contributed by atoms with E-state index >= 15 is 0 Å². The van der Waals surface area contributed by atoms with Crippen LogP contribution in [-0.4, -0.2) is 6.21 Å². The lowest BCUT2D eigenvalue weighted by atomic mass is 10.2. The molecule has 2 rings (SSSR count). The second-order valence-corrected chi connectivity index (χ2v) is 3.52. The molecule has 1 aliphatic heterocycles. The average Bonchev–Trinajstić information content (AvgIpc) is 2.21. The fraction of sp³-hybridized carbons (Fsp3) is 0.100. The molecule has 0 radical (unpaired) electrons. The topological polar surface area (TPSA) is 12.4 Å². The molecule has 1 aromatic rings. The summed E-state index contributed by atoms with van der Waals surface area (Å²) in [6.45, 7) is 0. The molecule has 0 N–H and O–H groups in total. The van der Waals surface area contributed by atoms with Crippen LogP contribution in [0, 0.1) is 0 Å². The fourth-order valence-electron chi connectivity index (χ4n) is 1.10. The van der Waals surface area contributed by atoms with Gasteiger partial charge in [-0.15, -0.1) is 11.8 Å². The van der Waals surface area contributed by atoms with Gasteiger partial charge in [0.05, 0.1) is 0 Å². The molecule has 1 nitrogen and oxygen atoms in total. The molecule has 0 aromatic heterocycles. The summed E-state index contributed by atoms with van der Waals surface area (Å²) in [6.07, 6.45) is 3.82. The zero-order valence-electron chi connectivity index (χ0n) is 6.55. The van der Waals surface area contributed by atoms with Crippen LogP contribution in [0.15, 0.2) is 46.8 Å². The smallest absolute Gasteiger partial charge is 0.124 e. The van der Waals surface area contributed by atoms with E-state index in [1.165, 1.54) is 5.56 Å². The molecular weight excluding hydrogens is 166 g/mol. The van der Waals surface area contributed by atoms with E-state index in [9.17, 15) is 0 Å². The lowest BCUT2D eigenvalue weighted by Crippen LogP contribution is -1.91. The summed E-state index contributed by atoms with van der Waals surface area (Å²) in [5.74, 6) is 0. The Labute approximate surface area is 76.2 Å². The maximum atomic E-state index is 4.35. The van der Waals surface area contributed by atoms with Gasteiger partial charge in [0.25, 0.3) is 0 Å². The minimum Gasteiger partial charge on any atom is -0.274 e. The van der Waals surface area contributed by atoms with Crippen LogP contribution in [0.1, 0.15) is 10.9 Å². The fourth-order valence-corrected chi connectivity index (χ4v) is 1.86. The average molecular weight is 175 g/mol. The molecule has 60 valence electrons. The third kappa shape index (κ3) is 1.59. The molecule has 0 spiro atoms. The van der Waals surface area contributed by atoms with E-state index in [0.717, 1.165) is 0 Å². The van der Waals surface area contributed by atoms with E-state index in [4.69, 9.17) is 0 Å². The van der Waals surface area contributed by atoms with E-state index in [2.05, 4.69) is 22.5 Å². The van der Waals surface area contributed by atoms with Crippen molar-refractivity contribution < 1.29 is 0 Å². The Morgan fingerprint density at radius 2 is 2.00 bits per heavy atom. The maximum Gasteiger partial charge on any atom is 0.124 e. The van der Waals surface area contributed by atoms with Crippen molar-refractivity contribution in [3.05, 3.63) is 47.4 Å². The lowest BCUT2D eigenvalue weighted by Gasteiger charge is -2.11. The molecule has 1 unspecified atom stereocenters. The largest absolute Gasteiger partial charge is 0.274 e. The first-order chi connectivity index (χ1) is 5.97. The van der Waals surface area contributed by atoms with E-state index < -0.39 is 0 Å². The molecule has 0 saturated heterocycles. The molecule has 0 fully saturated rings. The molecular formula is C10H9NS. The van der Waals surface area contributed by atoms with Crippen molar-refractivity contribution in [1.29, 1.82) is 0 Å². The van der Waals surface area contributed by atoms with Crippen LogP contribution in [0.25, 0.3) is 0 Å². The van der Waals surface area contributed by atoms with Crippen LogP contribution >= 0.6 is 11.8 Å². The van der Waals surface area contributed by atoms with Crippen LogP contribution in [0.2, 0.25) is 0 Å². The summed E-state index contributed by atoms with van der Waals surface area (Å²) in [5, 5.41) is 2.33. The summed E-state index contributed by atoms with van der Waals surface area (Å²) in [6, 6.07) is 10.3. The zero-order chi connectivity index (χ0) is 8.23. The highest BCUT2D eigenvalue weighted by Gasteiger charge is 2.08. The van der Waals surface area contributed by atoms with Gasteiger partial charge in [-0.05, 0) is 17.0 Å². The number of hydrogen-bond acceptors (Lipinski definition) is 2. The van der Waals surface area contributed by atoms with Gasteiger partial charge in [0.1, 0.15) is 5.37 Å². The summed E-state index contributed by atoms with van der Waals surface area (Å²) in [5.41, 5.74) is 1.27. The van der Waals surface area contributed by atoms with Gasteiger partial charge in [-0.1, -0.05) is 30.3 Å². The summed E-state index contributed by atoms with van der Waals surface area (Å²) >= 11 is 1.74. The maximum absolute atomic E-state index is 4.35. The van der Waals surface area contributed by atoms with Crippen LogP contribution < -0.4 is 0 Å². The second-order valence-electron chi connectivity index (χ2n) is 2.53. The van der Waals surface area contributed by atoms with Crippen molar-refractivity contribution in [2.24, 2.45) is 4.99 Å². The first-order valence-corrected chi connectivity index (χ1v) is 4.80. The van der Waals surface area contributed by atoms with Gasteiger partial charge in [0.2, 0.25) is 0 Å². The Hall–Kier alpha value is -1.02. The number of allylic oxidation sites excluding steroid dienone is 1. The van der Waals surface area contributed by atoms with Crippen molar-refractivity contribution >= 4 is 18.0 Å². The Morgan fingerprint density at radius 1 is 1.17 bits per heavy atom. The van der Waals surface area contributed by atoms with Gasteiger partial charge in [-0.2, -0.15) is 0 Å². The van der Waals surface area contributed by atoms with Gasteiger partial charge in [-0.25, -0.2) is 0 Å². The van der Waals surface area contributed by atoms with E-state index in [1.54, 1.807) is 11.8 Å². The minimum atomic E-state index is 0.260. The Kier molecular flexibility index (Phi) is 2.28. The molecule has 1 aliphatic rings. The van der Waals surface area contributed by atoms with Crippen molar-refractivity contribution in [2.45, 2.75) is 5.37 Å². The van der Waals surface area contributed by atoms with Crippen LogP contribution in [0.4, 0.5) is 0 Å². The highest BCUT2D eigenvalue weighted by Crippen LogP contribution is 2.32. The normalized spacial score (nSPS) is 21.2. The monoisotopic (exact) mass is 175 g/mol. The number of rotatable bonds is 1. The summed E-state index contributed by atoms with van der Waals surface area (Å²) in [4.78, 5) is 4.35. The second kappa shape index (κ2) is 3.59. The number of thioether (sulfide) groups is 1. The van der Waals surface area contributed by atoms with Crippen LogP contribution in [0.3, 0.4) is 0 Å². The molecule has 2 heteroatoms. The SMILES string of the molecule is C1=CSC(c2ccccc2)N=C1. The minimum absolute atomic E-state index is 0.260. The van der Waals surface area contributed by atoms with Gasteiger partial charge in [0.15, 0.2) is 0 Å². The quantitative estimate of drug-likeness (QED) is 0.639. The molecule has 0 bridgehead atoms. The van der Waals surface area contributed by atoms with Gasteiger partial charge in [-0.3, -0.25) is 4.99 Å². The summed E-state index contributed by atoms with van der Waals surface area (Å²) in [7, 11) is 0. The molecule has 1 atom stereocenters. The molecule has 12 heavy (non-hydrogen) atoms. The van der Waals surface area contributed by atoms with E-state index in [1.807, 2.05) is 30.5 Å². The van der Waals surface area contributed by atoms with Crippen molar-refractivity contribution in [2.75, 3.05) is 0 Å². The standard InChI is InChI=1S/C10H9NS/c1-2-5-9(6-3-1)10-11-7-4-8-12-10/h1-8,10H. The third-order valence-corrected chi connectivity index (χ3v) is 2.64. The highest BCUT2D eigenvalue weighted by molar-refractivity contribution is 8.02. The van der Waals surface area contributed by atoms with E-state index in [0.29, 0.717) is 0 Å². The van der Waals surface area contributed by atoms with Gasteiger partial charge >= 0.3 is 0 Å². The highest BCUT2D eigenvalue weighted by atomic mass is 32.2. The Balaban J connectivity index is 2.21. The first kappa shape index (κ1) is 7.62. The van der Waals surface area contributed by atoms with Gasteiger partial charge in [0, 0.05) is 6.21 Å². The first-order valence-electron chi connectivity index (χ1n) is 3.85. The van der Waals surface area contributed by atoms with Gasteiger partial charge < -0.3 is 0 Å². The lowest BCUT2D eigenvalue weighted by molar-refractivity contribution is 1.04. The number of nitrogens with zero attached hydrogens (tertiary/aromatic N) is 1. The molecule has 1 heterocycles. The zero-order valence-corrected chi connectivity index (χ0v) is 7.37. The third-order valence-electron chi connectivity index (χ3n) is 1.68. The van der Waals surface area contributed by atoms with Crippen LogP contribution in [0.5, 0.6) is 0 Å².